The van der Waals surface area contributed by atoms with Gasteiger partial charge < -0.3 is 10.6 Å². The summed E-state index contributed by atoms with van der Waals surface area (Å²) in [6.07, 6.45) is 2.90. The van der Waals surface area contributed by atoms with Gasteiger partial charge in [0.15, 0.2) is 0 Å². The van der Waals surface area contributed by atoms with Crippen molar-refractivity contribution in [2.45, 2.75) is 58.3 Å². The second-order valence-corrected chi connectivity index (χ2v) is 8.97. The first-order valence-corrected chi connectivity index (χ1v) is 11.6. The van der Waals surface area contributed by atoms with Gasteiger partial charge in [-0.3, -0.25) is 13.9 Å². The molecule has 1 fully saturated rings. The van der Waals surface area contributed by atoms with E-state index in [0.29, 0.717) is 17.9 Å². The molecule has 3 aromatic rings. The lowest BCUT2D eigenvalue weighted by Gasteiger charge is -2.36. The van der Waals surface area contributed by atoms with Crippen molar-refractivity contribution in [1.82, 2.24) is 9.13 Å². The molecule has 0 bridgehead atoms. The molecule has 0 radical (unpaired) electrons. The lowest BCUT2D eigenvalue weighted by Crippen LogP contribution is -2.49. The van der Waals surface area contributed by atoms with Gasteiger partial charge in [-0.1, -0.05) is 36.4 Å². The maximum atomic E-state index is 14.5. The fourth-order valence-electron chi connectivity index (χ4n) is 4.74. The Kier molecular flexibility index (Phi) is 6.97. The highest BCUT2D eigenvalue weighted by molar-refractivity contribution is 5.50. The van der Waals surface area contributed by atoms with Gasteiger partial charge in [-0.05, 0) is 50.8 Å². The summed E-state index contributed by atoms with van der Waals surface area (Å²) in [7, 11) is 0. The van der Waals surface area contributed by atoms with Gasteiger partial charge in [0.1, 0.15) is 17.3 Å². The lowest BCUT2D eigenvalue weighted by molar-refractivity contribution is 0.462. The smallest absolute Gasteiger partial charge is 0.331 e. The highest BCUT2D eigenvalue weighted by Crippen LogP contribution is 2.25. The van der Waals surface area contributed by atoms with E-state index in [-0.39, 0.29) is 24.7 Å². The highest BCUT2D eigenvalue weighted by Gasteiger charge is 2.27. The molecule has 8 heteroatoms. The molecule has 2 aromatic carbocycles. The monoisotopic (exact) mass is 468 g/mol. The van der Waals surface area contributed by atoms with Crippen molar-refractivity contribution in [1.29, 1.82) is 0 Å². The number of anilines is 1. The molecule has 4 rings (SSSR count). The molecule has 0 amide bonds. The zero-order valence-electron chi connectivity index (χ0n) is 19.5. The van der Waals surface area contributed by atoms with Crippen molar-refractivity contribution in [3.05, 3.63) is 97.8 Å². The summed E-state index contributed by atoms with van der Waals surface area (Å²) in [5.74, 6) is -1.48. The molecule has 2 heterocycles. The number of nitrogens with zero attached hydrogens (tertiary/aromatic N) is 3. The van der Waals surface area contributed by atoms with Crippen LogP contribution in [0.15, 0.2) is 58.1 Å². The van der Waals surface area contributed by atoms with Gasteiger partial charge in [0.2, 0.25) is 0 Å². The average Bonchev–Trinajstić information content (AvgIpc) is 2.83. The maximum absolute atomic E-state index is 14.5. The van der Waals surface area contributed by atoms with E-state index >= 15 is 0 Å². The lowest BCUT2D eigenvalue weighted by atomic mass is 10.0. The molecule has 34 heavy (non-hydrogen) atoms. The van der Waals surface area contributed by atoms with Crippen molar-refractivity contribution < 1.29 is 8.78 Å². The summed E-state index contributed by atoms with van der Waals surface area (Å²) in [6.45, 7) is 4.02. The highest BCUT2D eigenvalue weighted by atomic mass is 19.1. The summed E-state index contributed by atoms with van der Waals surface area (Å²) in [5.41, 5.74) is 6.67. The minimum Gasteiger partial charge on any atom is -0.363 e. The average molecular weight is 469 g/mol. The quantitative estimate of drug-likeness (QED) is 0.599. The third kappa shape index (κ3) is 4.55. The molecule has 1 saturated heterocycles. The molecule has 6 nitrogen and oxygen atoms in total. The number of hydrogen-bond acceptors (Lipinski definition) is 4. The minimum absolute atomic E-state index is 0.0447. The van der Waals surface area contributed by atoms with Crippen LogP contribution in [0.3, 0.4) is 0 Å². The largest absolute Gasteiger partial charge is 0.363 e. The molecule has 1 aromatic heterocycles. The van der Waals surface area contributed by atoms with Crippen LogP contribution in [0.4, 0.5) is 14.5 Å². The van der Waals surface area contributed by atoms with Crippen molar-refractivity contribution in [3.63, 3.8) is 0 Å². The van der Waals surface area contributed by atoms with Crippen molar-refractivity contribution in [3.8, 4) is 0 Å². The van der Waals surface area contributed by atoms with E-state index in [4.69, 9.17) is 5.73 Å². The van der Waals surface area contributed by atoms with E-state index in [0.717, 1.165) is 41.5 Å². The second-order valence-electron chi connectivity index (χ2n) is 8.97. The van der Waals surface area contributed by atoms with Gasteiger partial charge in [-0.2, -0.15) is 0 Å². The number of benzene rings is 2. The first-order valence-electron chi connectivity index (χ1n) is 11.6. The van der Waals surface area contributed by atoms with Crippen molar-refractivity contribution in [2.24, 2.45) is 5.73 Å². The summed E-state index contributed by atoms with van der Waals surface area (Å²) >= 11 is 0. The summed E-state index contributed by atoms with van der Waals surface area (Å²) in [4.78, 5) is 29.2. The number of nitrogens with two attached hydrogens (primary N) is 1. The molecular weight excluding hydrogens is 438 g/mol. The molecule has 1 unspecified atom stereocenters. The molecule has 0 spiro atoms. The topological polar surface area (TPSA) is 73.3 Å². The van der Waals surface area contributed by atoms with Crippen molar-refractivity contribution >= 4 is 5.69 Å². The summed E-state index contributed by atoms with van der Waals surface area (Å²) in [5, 5.41) is 0. The van der Waals surface area contributed by atoms with Crippen LogP contribution in [0, 0.1) is 18.6 Å². The van der Waals surface area contributed by atoms with Gasteiger partial charge in [0, 0.05) is 29.9 Å². The first kappa shape index (κ1) is 23.9. The zero-order chi connectivity index (χ0) is 24.4. The predicted octanol–water partition coefficient (Wildman–Crippen LogP) is 3.72. The van der Waals surface area contributed by atoms with Crippen LogP contribution < -0.4 is 21.9 Å². The first-order chi connectivity index (χ1) is 16.3. The van der Waals surface area contributed by atoms with Crippen molar-refractivity contribution in [2.75, 3.05) is 11.4 Å². The van der Waals surface area contributed by atoms with Crippen LogP contribution in [0.25, 0.3) is 0 Å². The molecule has 180 valence electrons. The Bertz CT molecular complexity index is 1270. The Morgan fingerprint density at radius 2 is 1.68 bits per heavy atom. The number of hydrogen-bond donors (Lipinski definition) is 1. The van der Waals surface area contributed by atoms with E-state index in [1.807, 2.05) is 42.2 Å². The fourth-order valence-corrected chi connectivity index (χ4v) is 4.74. The van der Waals surface area contributed by atoms with E-state index < -0.39 is 28.9 Å². The van der Waals surface area contributed by atoms with Gasteiger partial charge in [0.05, 0.1) is 13.1 Å². The van der Waals surface area contributed by atoms with Crippen LogP contribution in [0.5, 0.6) is 0 Å². The molecule has 1 aliphatic heterocycles. The summed E-state index contributed by atoms with van der Waals surface area (Å²) < 4.78 is 31.3. The number of halogens is 2. The SMILES string of the molecule is Cc1c(N2CCCCC2C)c(=O)n(C[C@H](N)c2ccccc2)c(=O)n1Cc1c(F)cccc1F. The maximum Gasteiger partial charge on any atom is 0.331 e. The zero-order valence-corrected chi connectivity index (χ0v) is 19.5. The number of rotatable bonds is 6. The van der Waals surface area contributed by atoms with Crippen LogP contribution in [0.2, 0.25) is 0 Å². The third-order valence-corrected chi connectivity index (χ3v) is 6.73. The van der Waals surface area contributed by atoms with Crippen LogP contribution in [-0.4, -0.2) is 21.7 Å². The Morgan fingerprint density at radius 1 is 1.00 bits per heavy atom. The third-order valence-electron chi connectivity index (χ3n) is 6.73. The van der Waals surface area contributed by atoms with Crippen LogP contribution in [0.1, 0.15) is 49.0 Å². The summed E-state index contributed by atoms with van der Waals surface area (Å²) in [6, 6.07) is 12.3. The molecule has 1 aliphatic rings. The molecule has 0 aliphatic carbocycles. The van der Waals surface area contributed by atoms with Crippen LogP contribution >= 0.6 is 0 Å². The number of aromatic nitrogens is 2. The van der Waals surface area contributed by atoms with E-state index in [1.54, 1.807) is 6.92 Å². The Labute approximate surface area is 197 Å². The van der Waals surface area contributed by atoms with Gasteiger partial charge in [0.25, 0.3) is 5.56 Å². The van der Waals surface area contributed by atoms with Crippen LogP contribution in [-0.2, 0) is 13.1 Å². The Balaban J connectivity index is 1.88. The predicted molar refractivity (Wildman–Crippen MR) is 129 cm³/mol. The second kappa shape index (κ2) is 9.93. The number of piperidine rings is 1. The molecular formula is C26H30F2N4O2. The molecule has 2 atom stereocenters. The van der Waals surface area contributed by atoms with E-state index in [2.05, 4.69) is 0 Å². The van der Waals surface area contributed by atoms with Gasteiger partial charge in [-0.25, -0.2) is 13.6 Å². The Morgan fingerprint density at radius 3 is 2.32 bits per heavy atom. The van der Waals surface area contributed by atoms with E-state index in [9.17, 15) is 18.4 Å². The Hall–Kier alpha value is -3.26. The normalized spacial score (nSPS) is 17.1. The van der Waals surface area contributed by atoms with Gasteiger partial charge >= 0.3 is 5.69 Å². The molecule has 2 N–H and O–H groups in total. The minimum atomic E-state index is -0.738. The van der Waals surface area contributed by atoms with E-state index in [1.165, 1.54) is 10.6 Å². The van der Waals surface area contributed by atoms with Gasteiger partial charge in [-0.15, -0.1) is 0 Å². The molecule has 0 saturated carbocycles. The standard InChI is InChI=1S/C26H30F2N4O2/c1-17-9-6-7-14-30(17)24-18(2)31(15-20-21(27)12-8-13-22(20)28)26(34)32(25(24)33)16-23(29)19-10-4-3-5-11-19/h3-5,8,10-13,17,23H,6-7,9,14-16,29H2,1-2H3/t17?,23-/m0/s1. The fraction of sp³-hybridized carbons (Fsp3) is 0.385.